The van der Waals surface area contributed by atoms with Gasteiger partial charge >= 0.3 is 0 Å². The van der Waals surface area contributed by atoms with E-state index in [1.165, 1.54) is 33.4 Å². The van der Waals surface area contributed by atoms with Crippen LogP contribution in [0.3, 0.4) is 0 Å². The number of benzene rings is 4. The average molecular weight is 657 g/mol. The van der Waals surface area contributed by atoms with E-state index < -0.39 is 0 Å². The first kappa shape index (κ1) is 30.0. The molecule has 4 aromatic carbocycles. The predicted octanol–water partition coefficient (Wildman–Crippen LogP) is 11.2. The molecule has 1 nitrogen and oxygen atoms in total. The number of unbranched alkanes of at least 4 members (excludes halogenated alkanes) is 2. The number of hydrogen-bond acceptors (Lipinski definition) is 1. The number of carbonyl (C=O) groups is 1. The van der Waals surface area contributed by atoms with Crippen molar-refractivity contribution in [3.8, 4) is 0 Å². The normalized spacial score (nSPS) is 11.4. The zero-order valence-corrected chi connectivity index (χ0v) is 26.0. The molecule has 0 bridgehead atoms. The third-order valence-electron chi connectivity index (χ3n) is 6.98. The minimum Gasteiger partial charge on any atom is -0.300 e. The van der Waals surface area contributed by atoms with E-state index in [1.54, 1.807) is 0 Å². The summed E-state index contributed by atoms with van der Waals surface area (Å²) in [5, 5.41) is 0. The van der Waals surface area contributed by atoms with Crippen molar-refractivity contribution in [2.24, 2.45) is 0 Å². The number of aryl methyl sites for hydroxylation is 2. The van der Waals surface area contributed by atoms with Crippen LogP contribution < -0.4 is 0 Å². The van der Waals surface area contributed by atoms with E-state index in [1.807, 2.05) is 0 Å². The van der Waals surface area contributed by atoms with Crippen LogP contribution in [0.4, 0.5) is 0 Å². The molecule has 4 aromatic rings. The molecule has 3 heteroatoms. The summed E-state index contributed by atoms with van der Waals surface area (Å²) in [5.41, 5.74) is 7.45. The van der Waals surface area contributed by atoms with Crippen LogP contribution in [0.15, 0.2) is 106 Å². The Bertz CT molecular complexity index is 1270. The number of carbonyl (C=O) groups excluding carboxylic acids is 1. The summed E-state index contributed by atoms with van der Waals surface area (Å²) in [7, 11) is 0. The lowest BCUT2D eigenvalue weighted by Crippen LogP contribution is -1.99. The van der Waals surface area contributed by atoms with Crippen LogP contribution in [0.25, 0.3) is 24.3 Å². The van der Waals surface area contributed by atoms with E-state index in [0.717, 1.165) is 47.5 Å². The summed E-state index contributed by atoms with van der Waals surface area (Å²) in [6, 6.07) is 34.1. The molecule has 0 aliphatic heterocycles. The largest absolute Gasteiger partial charge is 0.300 e. The van der Waals surface area contributed by atoms with Crippen molar-refractivity contribution in [2.75, 3.05) is 0 Å². The fourth-order valence-electron chi connectivity index (χ4n) is 4.55. The van der Waals surface area contributed by atoms with Crippen molar-refractivity contribution in [2.45, 2.75) is 51.4 Å². The maximum atomic E-state index is 12.3. The first-order valence-electron chi connectivity index (χ1n) is 14.1. The van der Waals surface area contributed by atoms with Crippen LogP contribution in [-0.4, -0.2) is 5.78 Å². The van der Waals surface area contributed by atoms with Gasteiger partial charge in [0, 0.05) is 21.8 Å². The smallest absolute Gasteiger partial charge is 0.132 e. The van der Waals surface area contributed by atoms with E-state index in [0.29, 0.717) is 18.6 Å². The standard InChI is InChI=1S/C37H36Br2O/c38-35-25-21-33(22-26-35)19-17-31-13-9-29(10-14-31)5-1-3-7-37(40)8-4-2-6-30-11-15-32(16-12-30)18-20-34-23-27-36(39)28-24-34/h9-28H,1-8H2. The Morgan fingerprint density at radius 3 is 1.07 bits per heavy atom. The van der Waals surface area contributed by atoms with Crippen LogP contribution in [0, 0.1) is 0 Å². The summed E-state index contributed by atoms with van der Waals surface area (Å²) < 4.78 is 2.19. The highest BCUT2D eigenvalue weighted by Gasteiger charge is 2.03. The van der Waals surface area contributed by atoms with E-state index in [4.69, 9.17) is 0 Å². The number of halogens is 2. The summed E-state index contributed by atoms with van der Waals surface area (Å²) in [4.78, 5) is 12.3. The van der Waals surface area contributed by atoms with Gasteiger partial charge < -0.3 is 0 Å². The number of ketones is 1. The van der Waals surface area contributed by atoms with Gasteiger partial charge in [0.15, 0.2) is 0 Å². The molecular weight excluding hydrogens is 620 g/mol. The fraction of sp³-hybridized carbons (Fsp3) is 0.216. The maximum absolute atomic E-state index is 12.3. The van der Waals surface area contributed by atoms with Gasteiger partial charge in [-0.2, -0.15) is 0 Å². The van der Waals surface area contributed by atoms with Crippen LogP contribution in [0.1, 0.15) is 71.9 Å². The average Bonchev–Trinajstić information content (AvgIpc) is 2.98. The third-order valence-corrected chi connectivity index (χ3v) is 8.04. The van der Waals surface area contributed by atoms with E-state index in [2.05, 4.69) is 153 Å². The highest BCUT2D eigenvalue weighted by Crippen LogP contribution is 2.17. The molecule has 0 N–H and O–H groups in total. The topological polar surface area (TPSA) is 17.1 Å². The quantitative estimate of drug-likeness (QED) is 0.0975. The second-order valence-corrected chi connectivity index (χ2v) is 12.0. The maximum Gasteiger partial charge on any atom is 0.132 e. The Kier molecular flexibility index (Phi) is 12.2. The van der Waals surface area contributed by atoms with Crippen molar-refractivity contribution in [3.05, 3.63) is 139 Å². The van der Waals surface area contributed by atoms with Crippen molar-refractivity contribution >= 4 is 61.9 Å². The lowest BCUT2D eigenvalue weighted by Gasteiger charge is -2.04. The van der Waals surface area contributed by atoms with Gasteiger partial charge in [-0.3, -0.25) is 4.79 Å². The Hall–Kier alpha value is -3.01. The minimum absolute atomic E-state index is 0.404. The molecule has 40 heavy (non-hydrogen) atoms. The van der Waals surface area contributed by atoms with Gasteiger partial charge in [-0.1, -0.05) is 129 Å². The van der Waals surface area contributed by atoms with Gasteiger partial charge in [0.25, 0.3) is 0 Å². The van der Waals surface area contributed by atoms with Crippen LogP contribution >= 0.6 is 31.9 Å². The highest BCUT2D eigenvalue weighted by atomic mass is 79.9. The zero-order chi connectivity index (χ0) is 28.0. The molecular formula is C37H36Br2O. The minimum atomic E-state index is 0.404. The molecule has 0 amide bonds. The molecule has 0 atom stereocenters. The van der Waals surface area contributed by atoms with Crippen LogP contribution in [0.2, 0.25) is 0 Å². The molecule has 0 fully saturated rings. The van der Waals surface area contributed by atoms with E-state index in [-0.39, 0.29) is 0 Å². The molecule has 0 radical (unpaired) electrons. The molecule has 204 valence electrons. The lowest BCUT2D eigenvalue weighted by atomic mass is 10.0. The van der Waals surface area contributed by atoms with Gasteiger partial charge in [0.05, 0.1) is 0 Å². The molecule has 0 aliphatic carbocycles. The Labute approximate surface area is 256 Å². The van der Waals surface area contributed by atoms with Gasteiger partial charge in [-0.15, -0.1) is 0 Å². The lowest BCUT2D eigenvalue weighted by molar-refractivity contribution is -0.119. The first-order valence-corrected chi connectivity index (χ1v) is 15.7. The molecule has 0 heterocycles. The first-order chi connectivity index (χ1) is 19.5. The zero-order valence-electron chi connectivity index (χ0n) is 22.9. The Balaban J connectivity index is 1.07. The number of rotatable bonds is 14. The van der Waals surface area contributed by atoms with E-state index in [9.17, 15) is 4.79 Å². The van der Waals surface area contributed by atoms with Crippen molar-refractivity contribution in [3.63, 3.8) is 0 Å². The van der Waals surface area contributed by atoms with Crippen molar-refractivity contribution in [1.82, 2.24) is 0 Å². The molecule has 0 unspecified atom stereocenters. The monoisotopic (exact) mass is 654 g/mol. The van der Waals surface area contributed by atoms with Crippen molar-refractivity contribution in [1.29, 1.82) is 0 Å². The summed E-state index contributed by atoms with van der Waals surface area (Å²) >= 11 is 6.94. The molecule has 0 aromatic heterocycles. The summed E-state index contributed by atoms with van der Waals surface area (Å²) in [5.74, 6) is 0.404. The van der Waals surface area contributed by atoms with Crippen molar-refractivity contribution < 1.29 is 4.79 Å². The van der Waals surface area contributed by atoms with Gasteiger partial charge in [-0.05, 0) is 96.2 Å². The molecule has 0 spiro atoms. The number of hydrogen-bond donors (Lipinski definition) is 0. The molecule has 0 saturated heterocycles. The molecule has 0 saturated carbocycles. The molecule has 0 aliphatic rings. The predicted molar refractivity (Wildman–Crippen MR) is 179 cm³/mol. The van der Waals surface area contributed by atoms with Gasteiger partial charge in [-0.25, -0.2) is 0 Å². The van der Waals surface area contributed by atoms with E-state index >= 15 is 0 Å². The third kappa shape index (κ3) is 10.9. The summed E-state index contributed by atoms with van der Waals surface area (Å²) in [6.07, 6.45) is 16.1. The van der Waals surface area contributed by atoms with Gasteiger partial charge in [0.2, 0.25) is 0 Å². The second-order valence-electron chi connectivity index (χ2n) is 10.2. The molecule has 4 rings (SSSR count). The second kappa shape index (κ2) is 16.3. The Morgan fingerprint density at radius 1 is 0.450 bits per heavy atom. The Morgan fingerprint density at radius 2 is 0.750 bits per heavy atom. The number of Topliss-reactive ketones (excluding diaryl/α,β-unsaturated/α-hetero) is 1. The van der Waals surface area contributed by atoms with Gasteiger partial charge in [0.1, 0.15) is 5.78 Å². The van der Waals surface area contributed by atoms with Crippen LogP contribution in [-0.2, 0) is 17.6 Å². The fourth-order valence-corrected chi connectivity index (χ4v) is 5.08. The van der Waals surface area contributed by atoms with Crippen LogP contribution in [0.5, 0.6) is 0 Å². The highest BCUT2D eigenvalue weighted by molar-refractivity contribution is 9.10. The summed E-state index contributed by atoms with van der Waals surface area (Å²) in [6.45, 7) is 0. The SMILES string of the molecule is O=C(CCCCc1ccc(C=Cc2ccc(Br)cc2)cc1)CCCCc1ccc(C=Cc2ccc(Br)cc2)cc1.